The third-order valence-electron chi connectivity index (χ3n) is 4.37. The summed E-state index contributed by atoms with van der Waals surface area (Å²) in [6.45, 7) is 3.17. The van der Waals surface area contributed by atoms with E-state index in [9.17, 15) is 0 Å². The molecule has 5 nitrogen and oxygen atoms in total. The largest absolute Gasteiger partial charge is 0.398 e. The molecule has 6 heteroatoms. The minimum Gasteiger partial charge on any atom is -0.398 e. The molecule has 1 aliphatic carbocycles. The van der Waals surface area contributed by atoms with Crippen LogP contribution in [0.2, 0.25) is 5.02 Å². The first kappa shape index (κ1) is 14.3. The Balaban J connectivity index is 1.82. The lowest BCUT2D eigenvalue weighted by atomic mass is 9.83. The molecule has 1 fully saturated rings. The standard InChI is InChI=1S/C15H20ClN5/c1-10-5-7-11(8-6-10)9-21-15(18-19-20-21)12-3-2-4-13(17)14(12)16/h2-4,10-11H,5-9,17H2,1H3. The fourth-order valence-electron chi connectivity index (χ4n) is 3.00. The Morgan fingerprint density at radius 2 is 2.05 bits per heavy atom. The summed E-state index contributed by atoms with van der Waals surface area (Å²) in [6.07, 6.45) is 5.07. The first-order valence-electron chi connectivity index (χ1n) is 7.45. The van der Waals surface area contributed by atoms with E-state index in [0.29, 0.717) is 22.5 Å². The summed E-state index contributed by atoms with van der Waals surface area (Å²) in [6, 6.07) is 5.56. The molecule has 0 atom stereocenters. The van der Waals surface area contributed by atoms with Gasteiger partial charge in [0.2, 0.25) is 0 Å². The van der Waals surface area contributed by atoms with Gasteiger partial charge in [-0.15, -0.1) is 5.10 Å². The molecule has 0 radical (unpaired) electrons. The molecule has 112 valence electrons. The second-order valence-corrected chi connectivity index (χ2v) is 6.40. The SMILES string of the molecule is CC1CCC(Cn2nnnc2-c2cccc(N)c2Cl)CC1. The molecule has 0 unspecified atom stereocenters. The Kier molecular flexibility index (Phi) is 4.10. The Bertz CT molecular complexity index is 616. The number of nitrogens with two attached hydrogens (primary N) is 1. The number of halogens is 1. The van der Waals surface area contributed by atoms with E-state index in [1.165, 1.54) is 25.7 Å². The number of rotatable bonds is 3. The summed E-state index contributed by atoms with van der Waals surface area (Å²) in [7, 11) is 0. The van der Waals surface area contributed by atoms with Crippen molar-refractivity contribution in [1.82, 2.24) is 20.2 Å². The number of tetrazole rings is 1. The molecule has 0 amide bonds. The maximum Gasteiger partial charge on any atom is 0.183 e. The number of aromatic nitrogens is 4. The van der Waals surface area contributed by atoms with E-state index < -0.39 is 0 Å². The molecule has 3 rings (SSSR count). The van der Waals surface area contributed by atoms with Crippen molar-refractivity contribution in [2.45, 2.75) is 39.2 Å². The molecule has 1 saturated carbocycles. The number of nitrogens with zero attached hydrogens (tertiary/aromatic N) is 4. The average molecular weight is 306 g/mol. The molecule has 0 bridgehead atoms. The van der Waals surface area contributed by atoms with Crippen molar-refractivity contribution < 1.29 is 0 Å². The zero-order valence-electron chi connectivity index (χ0n) is 12.2. The van der Waals surface area contributed by atoms with Gasteiger partial charge in [0, 0.05) is 12.1 Å². The summed E-state index contributed by atoms with van der Waals surface area (Å²) < 4.78 is 1.86. The molecule has 2 aromatic rings. The van der Waals surface area contributed by atoms with Crippen LogP contribution >= 0.6 is 11.6 Å². The minimum absolute atomic E-state index is 0.519. The molecule has 1 aromatic heterocycles. The van der Waals surface area contributed by atoms with Crippen molar-refractivity contribution >= 4 is 17.3 Å². The minimum atomic E-state index is 0.519. The Hall–Kier alpha value is -1.62. The Labute approximate surface area is 129 Å². The predicted molar refractivity (Wildman–Crippen MR) is 83.8 cm³/mol. The van der Waals surface area contributed by atoms with Gasteiger partial charge in [0.05, 0.1) is 10.7 Å². The molecule has 0 spiro atoms. The van der Waals surface area contributed by atoms with Crippen molar-refractivity contribution in [3.05, 3.63) is 23.2 Å². The van der Waals surface area contributed by atoms with Crippen LogP contribution in [0.1, 0.15) is 32.6 Å². The van der Waals surface area contributed by atoms with E-state index >= 15 is 0 Å². The smallest absolute Gasteiger partial charge is 0.183 e. The van der Waals surface area contributed by atoms with Crippen LogP contribution in [0.25, 0.3) is 11.4 Å². The first-order valence-corrected chi connectivity index (χ1v) is 7.83. The molecule has 1 heterocycles. The van der Waals surface area contributed by atoms with Crippen LogP contribution < -0.4 is 5.73 Å². The maximum atomic E-state index is 6.28. The third-order valence-corrected chi connectivity index (χ3v) is 4.79. The molecular formula is C15H20ClN5. The van der Waals surface area contributed by atoms with Gasteiger partial charge in [0.15, 0.2) is 5.82 Å². The van der Waals surface area contributed by atoms with E-state index in [2.05, 4.69) is 22.4 Å². The number of hydrogen-bond acceptors (Lipinski definition) is 4. The van der Waals surface area contributed by atoms with Gasteiger partial charge in [-0.2, -0.15) is 0 Å². The van der Waals surface area contributed by atoms with E-state index in [1.54, 1.807) is 6.07 Å². The van der Waals surface area contributed by atoms with Gasteiger partial charge in [0.25, 0.3) is 0 Å². The van der Waals surface area contributed by atoms with Gasteiger partial charge in [-0.25, -0.2) is 4.68 Å². The van der Waals surface area contributed by atoms with Gasteiger partial charge in [-0.1, -0.05) is 37.4 Å². The van der Waals surface area contributed by atoms with E-state index in [-0.39, 0.29) is 0 Å². The lowest BCUT2D eigenvalue weighted by Gasteiger charge is -2.26. The van der Waals surface area contributed by atoms with Gasteiger partial charge in [-0.05, 0) is 47.2 Å². The lowest BCUT2D eigenvalue weighted by molar-refractivity contribution is 0.257. The van der Waals surface area contributed by atoms with Crippen molar-refractivity contribution in [3.8, 4) is 11.4 Å². The number of anilines is 1. The summed E-state index contributed by atoms with van der Waals surface area (Å²) in [5.74, 6) is 2.19. The second-order valence-electron chi connectivity index (χ2n) is 6.02. The van der Waals surface area contributed by atoms with Crippen LogP contribution in [0.4, 0.5) is 5.69 Å². The van der Waals surface area contributed by atoms with Crippen LogP contribution in [0.3, 0.4) is 0 Å². The van der Waals surface area contributed by atoms with E-state index in [4.69, 9.17) is 17.3 Å². The van der Waals surface area contributed by atoms with Crippen molar-refractivity contribution in [1.29, 1.82) is 0 Å². The highest BCUT2D eigenvalue weighted by Gasteiger charge is 2.21. The number of benzene rings is 1. The van der Waals surface area contributed by atoms with Crippen LogP contribution in [0.5, 0.6) is 0 Å². The monoisotopic (exact) mass is 305 g/mol. The normalized spacial score (nSPS) is 22.4. The van der Waals surface area contributed by atoms with Gasteiger partial charge in [-0.3, -0.25) is 0 Å². The molecule has 2 N–H and O–H groups in total. The fourth-order valence-corrected chi connectivity index (χ4v) is 3.21. The fraction of sp³-hybridized carbons (Fsp3) is 0.533. The molecule has 1 aliphatic rings. The predicted octanol–water partition coefficient (Wildman–Crippen LogP) is 3.40. The Morgan fingerprint density at radius 3 is 2.81 bits per heavy atom. The maximum absolute atomic E-state index is 6.28. The third kappa shape index (κ3) is 3.02. The van der Waals surface area contributed by atoms with Crippen LogP contribution in [0.15, 0.2) is 18.2 Å². The van der Waals surface area contributed by atoms with Crippen LogP contribution in [-0.4, -0.2) is 20.2 Å². The lowest BCUT2D eigenvalue weighted by Crippen LogP contribution is -2.19. The molecule has 0 saturated heterocycles. The molecule has 1 aromatic carbocycles. The molecule has 21 heavy (non-hydrogen) atoms. The van der Waals surface area contributed by atoms with Crippen molar-refractivity contribution in [2.24, 2.45) is 11.8 Å². The average Bonchev–Trinajstić information content (AvgIpc) is 2.92. The first-order chi connectivity index (χ1) is 10.1. The zero-order chi connectivity index (χ0) is 14.8. The van der Waals surface area contributed by atoms with E-state index in [0.717, 1.165) is 18.0 Å². The van der Waals surface area contributed by atoms with Gasteiger partial charge in [0.1, 0.15) is 0 Å². The highest BCUT2D eigenvalue weighted by Crippen LogP contribution is 2.33. The summed E-state index contributed by atoms with van der Waals surface area (Å²) in [4.78, 5) is 0. The van der Waals surface area contributed by atoms with Crippen LogP contribution in [-0.2, 0) is 6.54 Å². The summed E-state index contributed by atoms with van der Waals surface area (Å²) in [5.41, 5.74) is 7.21. The highest BCUT2D eigenvalue weighted by atomic mass is 35.5. The van der Waals surface area contributed by atoms with Gasteiger partial charge < -0.3 is 5.73 Å². The van der Waals surface area contributed by atoms with Gasteiger partial charge >= 0.3 is 0 Å². The van der Waals surface area contributed by atoms with E-state index in [1.807, 2.05) is 16.8 Å². The highest BCUT2D eigenvalue weighted by molar-refractivity contribution is 6.35. The topological polar surface area (TPSA) is 69.6 Å². The van der Waals surface area contributed by atoms with Crippen LogP contribution in [0, 0.1) is 11.8 Å². The second kappa shape index (κ2) is 6.02. The molecule has 0 aliphatic heterocycles. The molecular weight excluding hydrogens is 286 g/mol. The summed E-state index contributed by atoms with van der Waals surface area (Å²) >= 11 is 6.28. The summed E-state index contributed by atoms with van der Waals surface area (Å²) in [5, 5.41) is 12.6. The van der Waals surface area contributed by atoms with Crippen molar-refractivity contribution in [2.75, 3.05) is 5.73 Å². The Morgan fingerprint density at radius 1 is 1.29 bits per heavy atom. The number of nitrogen functional groups attached to an aromatic ring is 1. The zero-order valence-corrected chi connectivity index (χ0v) is 12.9. The quantitative estimate of drug-likeness (QED) is 0.882. The number of hydrogen-bond donors (Lipinski definition) is 1. The van der Waals surface area contributed by atoms with Crippen molar-refractivity contribution in [3.63, 3.8) is 0 Å².